The Bertz CT molecular complexity index is 3780. The third-order valence-corrected chi connectivity index (χ3v) is 22.3. The van der Waals surface area contributed by atoms with Gasteiger partial charge in [-0.15, -0.1) is 34.0 Å². The molecule has 12 rings (SSSR count). The van der Waals surface area contributed by atoms with Gasteiger partial charge >= 0.3 is 18.3 Å². The van der Waals surface area contributed by atoms with Crippen LogP contribution in [0.5, 0.6) is 0 Å². The number of carbonyl (C=O) groups is 6. The summed E-state index contributed by atoms with van der Waals surface area (Å²) in [6, 6.07) is 23.6. The fourth-order valence-electron chi connectivity index (χ4n) is 10.1. The van der Waals surface area contributed by atoms with Gasteiger partial charge in [-0.2, -0.15) is 11.8 Å². The highest BCUT2D eigenvalue weighted by molar-refractivity contribution is 7.99. The molecule has 3 N–H and O–H groups in total. The number of ether oxygens (including phenoxy) is 3. The van der Waals surface area contributed by atoms with E-state index in [1.807, 2.05) is 21.6 Å². The van der Waals surface area contributed by atoms with Crippen molar-refractivity contribution in [2.24, 2.45) is 0 Å². The number of halogens is 6. The average molecular weight is 1430 g/mol. The Balaban J connectivity index is 0.000000161. The maximum atomic E-state index is 14.7. The Hall–Kier alpha value is -6.51. The molecule has 6 aliphatic rings. The van der Waals surface area contributed by atoms with E-state index in [1.54, 1.807) is 71.6 Å². The fraction of sp³-hybridized carbons (Fsp3) is 0.379. The fourth-order valence-corrected chi connectivity index (χ4v) is 16.1. The zero-order chi connectivity index (χ0) is 63.8. The number of hydrogen-bond donors (Lipinski definition) is 3. The van der Waals surface area contributed by atoms with Crippen molar-refractivity contribution in [1.82, 2.24) is 16.0 Å². The molecule has 21 nitrogen and oxygen atoms in total. The summed E-state index contributed by atoms with van der Waals surface area (Å²) in [4.78, 5) is 84.1. The van der Waals surface area contributed by atoms with Gasteiger partial charge in [0.25, 0.3) is 17.7 Å². The van der Waals surface area contributed by atoms with Crippen molar-refractivity contribution < 1.29 is 68.8 Å². The smallest absolute Gasteiger partial charge is 0.414 e. The number of sulfone groups is 1. The lowest BCUT2D eigenvalue weighted by molar-refractivity contribution is 0.0915. The molecule has 3 atom stereocenters. The van der Waals surface area contributed by atoms with Gasteiger partial charge in [-0.3, -0.25) is 33.3 Å². The SMILES string of the molecule is C.O=C(NC[C@H]1CN(c2ccc(N3CCS(=O)(=O)CC3)c(F)c2)C(=O)O1)c1ccc(Cl)s1.O=C(NC[C@H]1CN(c2ccc(N3CCS(=O)CC3)c(F)c2)C(=O)O1)c1ccc(Cl)s1.O=C(NC[C@H]1CN(c2ccc(N3CCSCC3)c(F)c2)C(=O)O1)c1ccc(Cl)s1. The minimum absolute atomic E-state index is 0. The van der Waals surface area contributed by atoms with Crippen LogP contribution in [0.15, 0.2) is 91.0 Å². The first-order valence-corrected chi connectivity index (χ1v) is 36.0. The van der Waals surface area contributed by atoms with Crippen LogP contribution in [-0.4, -0.2) is 180 Å². The zero-order valence-corrected chi connectivity index (χ0v) is 54.6. The van der Waals surface area contributed by atoms with Crippen LogP contribution in [0.2, 0.25) is 13.0 Å². The van der Waals surface area contributed by atoms with E-state index in [0.29, 0.717) is 86.4 Å². The molecule has 0 bridgehead atoms. The summed E-state index contributed by atoms with van der Waals surface area (Å²) in [5, 5.41) is 8.15. The molecule has 0 saturated carbocycles. The number of nitrogens with zero attached hydrogens (tertiary/aromatic N) is 6. The summed E-state index contributed by atoms with van der Waals surface area (Å²) in [7, 11) is -3.91. The number of nitrogens with one attached hydrogen (secondary N) is 3. The normalized spacial score (nSPS) is 19.7. The molecule has 3 aromatic heterocycles. The highest BCUT2D eigenvalue weighted by Crippen LogP contribution is 2.33. The van der Waals surface area contributed by atoms with Crippen molar-refractivity contribution in [3.05, 3.63) is 136 Å². The highest BCUT2D eigenvalue weighted by atomic mass is 35.5. The standard InChI is InChI=1S/C19H19ClFN3O5S2.C19H19ClFN3O4S2.C19H19ClFN3O3S2.CH4/c20-17-4-3-16(30-17)18(25)22-10-13-11-24(19(26)29-13)12-1-2-15(14(21)9-12)23-5-7-31(27,28)8-6-23;20-17-4-3-16(29-17)18(25)22-10-13-11-24(19(26)28-13)12-1-2-15(14(21)9-12)23-5-7-30(27)8-6-23;20-17-4-3-16(29-17)18(25)22-10-13-11-24(19(26)27-13)12-1-2-15(14(21)9-12)23-5-7-28-8-6-23;/h1-4,9,13H,5-8,10-11H2,(H,22,25);1-4,9,13H,5-8,10-11H2,(H,22,25);1-4,9,13H,5-8,10-11H2,(H,22,25);1H4/t3*13-;/m000./s1. The summed E-state index contributed by atoms with van der Waals surface area (Å²) < 4.78 is 96.2. The Morgan fingerprint density at radius 1 is 0.505 bits per heavy atom. The van der Waals surface area contributed by atoms with Gasteiger partial charge in [-0.25, -0.2) is 36.0 Å². The number of carbonyl (C=O) groups excluding carboxylic acids is 6. The number of hydrogen-bond acceptors (Lipinski definition) is 19. The van der Waals surface area contributed by atoms with Crippen LogP contribution in [0.4, 0.5) is 61.7 Å². The Kier molecular flexibility index (Phi) is 23.4. The maximum absolute atomic E-state index is 14.7. The van der Waals surface area contributed by atoms with Gasteiger partial charge in [0.2, 0.25) is 0 Å². The summed E-state index contributed by atoms with van der Waals surface area (Å²) in [5.41, 5.74) is 2.45. The Labute approximate surface area is 556 Å². The van der Waals surface area contributed by atoms with Crippen LogP contribution in [0.1, 0.15) is 36.4 Å². The first-order valence-electron chi connectivity index (χ1n) is 27.9. The van der Waals surface area contributed by atoms with Crippen LogP contribution in [0, 0.1) is 17.5 Å². The largest absolute Gasteiger partial charge is 0.442 e. The highest BCUT2D eigenvalue weighted by Gasteiger charge is 2.37. The summed E-state index contributed by atoms with van der Waals surface area (Å²) in [6.45, 7) is 4.15. The van der Waals surface area contributed by atoms with Gasteiger partial charge in [0, 0.05) is 73.1 Å². The lowest BCUT2D eigenvalue weighted by Gasteiger charge is -2.29. The molecule has 0 aliphatic carbocycles. The molecule has 6 saturated heterocycles. The number of rotatable bonds is 15. The van der Waals surface area contributed by atoms with Crippen LogP contribution < -0.4 is 45.3 Å². The van der Waals surface area contributed by atoms with Crippen molar-refractivity contribution in [3.8, 4) is 0 Å². The number of benzene rings is 3. The van der Waals surface area contributed by atoms with E-state index < -0.39 is 68.9 Å². The molecule has 6 aliphatic heterocycles. The molecular formula is C58H61Cl3F3N9O12S6. The van der Waals surface area contributed by atoms with E-state index in [9.17, 15) is 54.6 Å². The van der Waals surface area contributed by atoms with Crippen molar-refractivity contribution in [2.75, 3.05) is 142 Å². The van der Waals surface area contributed by atoms with Crippen molar-refractivity contribution in [2.45, 2.75) is 25.7 Å². The van der Waals surface area contributed by atoms with Crippen molar-refractivity contribution in [3.63, 3.8) is 0 Å². The first kappa shape index (κ1) is 68.8. The topological polar surface area (TPSA) is 237 Å². The second-order valence-electron chi connectivity index (χ2n) is 20.8. The predicted octanol–water partition coefficient (Wildman–Crippen LogP) is 9.88. The quantitative estimate of drug-likeness (QED) is 0.0811. The number of anilines is 6. The third-order valence-electron chi connectivity index (χ3n) is 14.8. The minimum Gasteiger partial charge on any atom is -0.442 e. The molecule has 9 heterocycles. The van der Waals surface area contributed by atoms with Crippen molar-refractivity contribution in [1.29, 1.82) is 0 Å². The number of thiophene rings is 3. The van der Waals surface area contributed by atoms with E-state index in [1.165, 1.54) is 50.3 Å². The number of amides is 6. The summed E-state index contributed by atoms with van der Waals surface area (Å²) in [5.74, 6) is 0.736. The van der Waals surface area contributed by atoms with Crippen LogP contribution in [-0.2, 0) is 34.8 Å². The van der Waals surface area contributed by atoms with E-state index >= 15 is 0 Å². The van der Waals surface area contributed by atoms with Gasteiger partial charge in [0.15, 0.2) is 9.84 Å². The van der Waals surface area contributed by atoms with E-state index in [0.717, 1.165) is 47.3 Å². The van der Waals surface area contributed by atoms with Crippen LogP contribution >= 0.6 is 80.6 Å². The monoisotopic (exact) mass is 1430 g/mol. The third kappa shape index (κ3) is 17.8. The predicted molar refractivity (Wildman–Crippen MR) is 354 cm³/mol. The van der Waals surface area contributed by atoms with Gasteiger partial charge in [-0.05, 0) is 91.0 Å². The molecule has 0 unspecified atom stereocenters. The van der Waals surface area contributed by atoms with Crippen LogP contribution in [0.3, 0.4) is 0 Å². The number of cyclic esters (lactones) is 3. The van der Waals surface area contributed by atoms with E-state index in [-0.39, 0.29) is 94.8 Å². The summed E-state index contributed by atoms with van der Waals surface area (Å²) >= 11 is 22.8. The lowest BCUT2D eigenvalue weighted by Crippen LogP contribution is -2.40. The van der Waals surface area contributed by atoms with E-state index in [2.05, 4.69) is 16.0 Å². The maximum Gasteiger partial charge on any atom is 0.414 e. The molecule has 6 aromatic rings. The minimum atomic E-state index is -3.07. The van der Waals surface area contributed by atoms with Crippen molar-refractivity contribution >= 4 is 171 Å². The molecule has 0 spiro atoms. The molecule has 3 aromatic carbocycles. The molecule has 91 heavy (non-hydrogen) atoms. The second-order valence-corrected chi connectivity index (χ2v) is 31.1. The lowest BCUT2D eigenvalue weighted by atomic mass is 10.2. The van der Waals surface area contributed by atoms with Gasteiger partial charge in [-0.1, -0.05) is 42.2 Å². The molecule has 6 fully saturated rings. The molecule has 0 radical (unpaired) electrons. The Morgan fingerprint density at radius 3 is 1.13 bits per heavy atom. The zero-order valence-electron chi connectivity index (χ0n) is 47.4. The second kappa shape index (κ2) is 30.9. The molecular weight excluding hydrogens is 1370 g/mol. The molecule has 33 heteroatoms. The first-order chi connectivity index (χ1) is 43.1. The average Bonchev–Trinajstić information content (AvgIpc) is 2.24. The Morgan fingerprint density at radius 2 is 0.824 bits per heavy atom. The summed E-state index contributed by atoms with van der Waals surface area (Å²) in [6.07, 6.45) is -3.41. The molecule has 488 valence electrons. The number of thioether (sulfide) groups is 1. The van der Waals surface area contributed by atoms with Gasteiger partial charge in [0.1, 0.15) is 35.8 Å². The van der Waals surface area contributed by atoms with Gasteiger partial charge < -0.3 is 44.9 Å². The molecule has 6 amide bonds. The van der Waals surface area contributed by atoms with E-state index in [4.69, 9.17) is 49.0 Å². The van der Waals surface area contributed by atoms with Crippen LogP contribution in [0.25, 0.3) is 0 Å². The van der Waals surface area contributed by atoms with Gasteiger partial charge in [0.05, 0.1) is 113 Å².